The highest BCUT2D eigenvalue weighted by atomic mass is 79.9. The van der Waals surface area contributed by atoms with Gasteiger partial charge in [0.15, 0.2) is 0 Å². The van der Waals surface area contributed by atoms with E-state index >= 15 is 0 Å². The number of aryl methyl sites for hydroxylation is 1. The van der Waals surface area contributed by atoms with Crippen molar-refractivity contribution >= 4 is 21.8 Å². The molecule has 88 valence electrons. The predicted octanol–water partition coefficient (Wildman–Crippen LogP) is 3.63. The maximum absolute atomic E-state index is 12.2. The van der Waals surface area contributed by atoms with Gasteiger partial charge in [0, 0.05) is 23.1 Å². The zero-order valence-corrected chi connectivity index (χ0v) is 11.8. The first-order valence-electron chi connectivity index (χ1n) is 5.50. The Balaban J connectivity index is 3.00. The second-order valence-corrected chi connectivity index (χ2v) is 5.05. The largest absolute Gasteiger partial charge is 0.339 e. The molecule has 3 heteroatoms. The molecule has 1 aromatic carbocycles. The van der Waals surface area contributed by atoms with E-state index in [1.807, 2.05) is 32.2 Å². The Labute approximate surface area is 106 Å². The summed E-state index contributed by atoms with van der Waals surface area (Å²) < 4.78 is 0.944. The Morgan fingerprint density at radius 1 is 1.50 bits per heavy atom. The molecule has 0 heterocycles. The maximum Gasteiger partial charge on any atom is 0.254 e. The monoisotopic (exact) mass is 283 g/mol. The first kappa shape index (κ1) is 13.2. The highest BCUT2D eigenvalue weighted by Gasteiger charge is 2.17. The van der Waals surface area contributed by atoms with Crippen molar-refractivity contribution in [3.8, 4) is 0 Å². The molecule has 2 nitrogen and oxygen atoms in total. The molecule has 1 atom stereocenters. The van der Waals surface area contributed by atoms with Crippen LogP contribution >= 0.6 is 15.9 Å². The molecule has 0 spiro atoms. The highest BCUT2D eigenvalue weighted by Crippen LogP contribution is 2.18. The van der Waals surface area contributed by atoms with E-state index < -0.39 is 0 Å². The van der Waals surface area contributed by atoms with E-state index in [1.165, 1.54) is 0 Å². The van der Waals surface area contributed by atoms with E-state index in [1.54, 1.807) is 4.90 Å². The fraction of sp³-hybridized carbons (Fsp3) is 0.462. The Morgan fingerprint density at radius 2 is 2.12 bits per heavy atom. The van der Waals surface area contributed by atoms with Crippen LogP contribution in [0.25, 0.3) is 0 Å². The summed E-state index contributed by atoms with van der Waals surface area (Å²) >= 11 is 3.40. The third-order valence-electron chi connectivity index (χ3n) is 3.00. The van der Waals surface area contributed by atoms with E-state index in [-0.39, 0.29) is 11.9 Å². The van der Waals surface area contributed by atoms with E-state index in [0.717, 1.165) is 22.0 Å². The summed E-state index contributed by atoms with van der Waals surface area (Å²) in [6.45, 7) is 6.11. The molecular weight excluding hydrogens is 266 g/mol. The number of halogens is 1. The Kier molecular flexibility index (Phi) is 4.54. The summed E-state index contributed by atoms with van der Waals surface area (Å²) in [4.78, 5) is 14.0. The summed E-state index contributed by atoms with van der Waals surface area (Å²) in [5.41, 5.74) is 1.79. The zero-order chi connectivity index (χ0) is 12.3. The van der Waals surface area contributed by atoms with Gasteiger partial charge in [-0.2, -0.15) is 0 Å². The maximum atomic E-state index is 12.2. The first-order valence-corrected chi connectivity index (χ1v) is 6.30. The normalized spacial score (nSPS) is 12.3. The van der Waals surface area contributed by atoms with E-state index in [0.29, 0.717) is 0 Å². The van der Waals surface area contributed by atoms with Gasteiger partial charge in [0.1, 0.15) is 0 Å². The minimum absolute atomic E-state index is 0.0909. The molecule has 1 unspecified atom stereocenters. The number of nitrogens with zero attached hydrogens (tertiary/aromatic N) is 1. The summed E-state index contributed by atoms with van der Waals surface area (Å²) in [6, 6.07) is 6.07. The van der Waals surface area contributed by atoms with Crippen LogP contribution < -0.4 is 0 Å². The lowest BCUT2D eigenvalue weighted by molar-refractivity contribution is 0.0740. The van der Waals surface area contributed by atoms with Gasteiger partial charge in [-0.25, -0.2) is 0 Å². The average Bonchev–Trinajstić information content (AvgIpc) is 2.29. The zero-order valence-electron chi connectivity index (χ0n) is 10.2. The molecule has 0 aliphatic rings. The molecule has 1 rings (SSSR count). The minimum atomic E-state index is 0.0909. The van der Waals surface area contributed by atoms with Crippen LogP contribution in [-0.2, 0) is 0 Å². The molecule has 0 fully saturated rings. The second-order valence-electron chi connectivity index (χ2n) is 4.13. The SMILES string of the molecule is CCC(C)N(C)C(=O)c1cc(Br)ccc1C. The van der Waals surface area contributed by atoms with Crippen molar-refractivity contribution in [2.24, 2.45) is 0 Å². The quantitative estimate of drug-likeness (QED) is 0.830. The van der Waals surface area contributed by atoms with Crippen LogP contribution in [-0.4, -0.2) is 23.9 Å². The van der Waals surface area contributed by atoms with Crippen molar-refractivity contribution in [1.82, 2.24) is 4.90 Å². The van der Waals surface area contributed by atoms with E-state index in [9.17, 15) is 4.79 Å². The van der Waals surface area contributed by atoms with Crippen LogP contribution in [0.4, 0.5) is 0 Å². The lowest BCUT2D eigenvalue weighted by Crippen LogP contribution is -2.34. The lowest BCUT2D eigenvalue weighted by Gasteiger charge is -2.24. The highest BCUT2D eigenvalue weighted by molar-refractivity contribution is 9.10. The molecule has 0 aliphatic heterocycles. The number of carbonyl (C=O) groups excluding carboxylic acids is 1. The molecule has 0 aliphatic carbocycles. The molecule has 0 saturated heterocycles. The van der Waals surface area contributed by atoms with Crippen LogP contribution in [0.3, 0.4) is 0 Å². The Hall–Kier alpha value is -0.830. The van der Waals surface area contributed by atoms with Crippen molar-refractivity contribution in [3.05, 3.63) is 33.8 Å². The van der Waals surface area contributed by atoms with Crippen LogP contribution in [0.1, 0.15) is 36.2 Å². The van der Waals surface area contributed by atoms with Gasteiger partial charge in [0.2, 0.25) is 0 Å². The topological polar surface area (TPSA) is 20.3 Å². The van der Waals surface area contributed by atoms with Gasteiger partial charge in [-0.3, -0.25) is 4.79 Å². The number of carbonyl (C=O) groups is 1. The van der Waals surface area contributed by atoms with Crippen molar-refractivity contribution in [2.75, 3.05) is 7.05 Å². The Bertz CT molecular complexity index is 390. The molecular formula is C13H18BrNO. The number of hydrogen-bond acceptors (Lipinski definition) is 1. The number of rotatable bonds is 3. The van der Waals surface area contributed by atoms with E-state index in [4.69, 9.17) is 0 Å². The summed E-state index contributed by atoms with van der Waals surface area (Å²) in [5, 5.41) is 0. The van der Waals surface area contributed by atoms with Gasteiger partial charge < -0.3 is 4.90 Å². The first-order chi connectivity index (χ1) is 7.47. The number of hydrogen-bond donors (Lipinski definition) is 0. The summed E-state index contributed by atoms with van der Waals surface area (Å²) in [5.74, 6) is 0.0909. The third-order valence-corrected chi connectivity index (χ3v) is 3.50. The second kappa shape index (κ2) is 5.48. The summed E-state index contributed by atoms with van der Waals surface area (Å²) in [6.07, 6.45) is 0.968. The molecule has 1 aromatic rings. The van der Waals surface area contributed by atoms with Gasteiger partial charge in [-0.15, -0.1) is 0 Å². The van der Waals surface area contributed by atoms with Crippen LogP contribution in [0.2, 0.25) is 0 Å². The van der Waals surface area contributed by atoms with Crippen LogP contribution in [0, 0.1) is 6.92 Å². The lowest BCUT2D eigenvalue weighted by atomic mass is 10.1. The molecule has 0 bridgehead atoms. The fourth-order valence-corrected chi connectivity index (χ4v) is 1.85. The van der Waals surface area contributed by atoms with Crippen molar-refractivity contribution in [2.45, 2.75) is 33.2 Å². The van der Waals surface area contributed by atoms with Crippen molar-refractivity contribution in [1.29, 1.82) is 0 Å². The molecule has 0 radical (unpaired) electrons. The minimum Gasteiger partial charge on any atom is -0.339 e. The van der Waals surface area contributed by atoms with Gasteiger partial charge in [-0.05, 0) is 38.0 Å². The molecule has 1 amide bonds. The van der Waals surface area contributed by atoms with Crippen molar-refractivity contribution in [3.63, 3.8) is 0 Å². The van der Waals surface area contributed by atoms with Crippen LogP contribution in [0.15, 0.2) is 22.7 Å². The van der Waals surface area contributed by atoms with Gasteiger partial charge in [-0.1, -0.05) is 28.9 Å². The molecule has 0 aromatic heterocycles. The van der Waals surface area contributed by atoms with Gasteiger partial charge in [0.05, 0.1) is 0 Å². The standard InChI is InChI=1S/C13H18BrNO/c1-5-10(3)15(4)13(16)12-8-11(14)7-6-9(12)2/h6-8,10H,5H2,1-4H3. The van der Waals surface area contributed by atoms with Gasteiger partial charge in [0.25, 0.3) is 5.91 Å². The van der Waals surface area contributed by atoms with Crippen molar-refractivity contribution < 1.29 is 4.79 Å². The van der Waals surface area contributed by atoms with Gasteiger partial charge >= 0.3 is 0 Å². The fourth-order valence-electron chi connectivity index (χ4n) is 1.49. The number of amides is 1. The third kappa shape index (κ3) is 2.85. The average molecular weight is 284 g/mol. The smallest absolute Gasteiger partial charge is 0.254 e. The number of benzene rings is 1. The van der Waals surface area contributed by atoms with Crippen LogP contribution in [0.5, 0.6) is 0 Å². The predicted molar refractivity (Wildman–Crippen MR) is 70.7 cm³/mol. The Morgan fingerprint density at radius 3 is 2.69 bits per heavy atom. The molecule has 0 saturated carbocycles. The molecule has 16 heavy (non-hydrogen) atoms. The van der Waals surface area contributed by atoms with E-state index in [2.05, 4.69) is 29.8 Å². The molecule has 0 N–H and O–H groups in total. The summed E-state index contributed by atoms with van der Waals surface area (Å²) in [7, 11) is 1.86.